The van der Waals surface area contributed by atoms with Gasteiger partial charge < -0.3 is 15.0 Å². The van der Waals surface area contributed by atoms with Gasteiger partial charge >= 0.3 is 0 Å². The molecule has 2 rings (SSSR count). The molecule has 2 aromatic rings. The fraction of sp³-hybridized carbons (Fsp3) is 0.417. The van der Waals surface area contributed by atoms with Gasteiger partial charge in [0.05, 0.1) is 0 Å². The van der Waals surface area contributed by atoms with Crippen LogP contribution in [0.1, 0.15) is 32.8 Å². The standard InChI is InChI=1S/C24H31FN2O3/c1-4-21(24(29)26-16-18(2)3)27(15-14-19-10-6-5-7-11-19)23(28)17-30-22-13-9-8-12-20(22)25/h5-13,18,21H,4,14-17H2,1-3H3,(H,26,29)/t21-/m1/s1. The van der Waals surface area contributed by atoms with Crippen molar-refractivity contribution in [2.24, 2.45) is 5.92 Å². The van der Waals surface area contributed by atoms with Gasteiger partial charge in [0.1, 0.15) is 6.04 Å². The van der Waals surface area contributed by atoms with Crippen LogP contribution in [0.4, 0.5) is 4.39 Å². The van der Waals surface area contributed by atoms with Crippen molar-refractivity contribution in [3.63, 3.8) is 0 Å². The summed E-state index contributed by atoms with van der Waals surface area (Å²) in [6.07, 6.45) is 1.09. The van der Waals surface area contributed by atoms with Crippen LogP contribution in [0.2, 0.25) is 0 Å². The van der Waals surface area contributed by atoms with Crippen LogP contribution < -0.4 is 10.1 Å². The highest BCUT2D eigenvalue weighted by molar-refractivity contribution is 5.88. The highest BCUT2D eigenvalue weighted by Crippen LogP contribution is 2.16. The molecule has 30 heavy (non-hydrogen) atoms. The summed E-state index contributed by atoms with van der Waals surface area (Å²) in [5, 5.41) is 2.92. The van der Waals surface area contributed by atoms with Crippen molar-refractivity contribution < 1.29 is 18.7 Å². The van der Waals surface area contributed by atoms with E-state index in [-0.39, 0.29) is 24.2 Å². The third kappa shape index (κ3) is 7.17. The topological polar surface area (TPSA) is 58.6 Å². The van der Waals surface area contributed by atoms with Crippen LogP contribution in [0, 0.1) is 11.7 Å². The lowest BCUT2D eigenvalue weighted by Crippen LogP contribution is -2.51. The second-order valence-corrected chi connectivity index (χ2v) is 7.60. The Morgan fingerprint density at radius 2 is 1.73 bits per heavy atom. The number of nitrogens with zero attached hydrogens (tertiary/aromatic N) is 1. The number of carbonyl (C=O) groups excluding carboxylic acids is 2. The van der Waals surface area contributed by atoms with Crippen molar-refractivity contribution >= 4 is 11.8 Å². The number of para-hydroxylation sites is 1. The minimum Gasteiger partial charge on any atom is -0.481 e. The van der Waals surface area contributed by atoms with Gasteiger partial charge in [0.2, 0.25) is 5.91 Å². The minimum absolute atomic E-state index is 0.0196. The molecule has 0 saturated carbocycles. The van der Waals surface area contributed by atoms with E-state index in [0.717, 1.165) is 5.56 Å². The Balaban J connectivity index is 2.12. The number of carbonyl (C=O) groups is 2. The highest BCUT2D eigenvalue weighted by Gasteiger charge is 2.28. The number of ether oxygens (including phenoxy) is 1. The van der Waals surface area contributed by atoms with Crippen LogP contribution >= 0.6 is 0 Å². The molecular weight excluding hydrogens is 383 g/mol. The van der Waals surface area contributed by atoms with Gasteiger partial charge in [0.25, 0.3) is 5.91 Å². The molecule has 0 spiro atoms. The van der Waals surface area contributed by atoms with E-state index >= 15 is 0 Å². The number of benzene rings is 2. The Morgan fingerprint density at radius 1 is 1.07 bits per heavy atom. The van der Waals surface area contributed by atoms with Crippen molar-refractivity contribution in [3.8, 4) is 5.75 Å². The van der Waals surface area contributed by atoms with E-state index in [9.17, 15) is 14.0 Å². The van der Waals surface area contributed by atoms with Crippen molar-refractivity contribution in [1.82, 2.24) is 10.2 Å². The summed E-state index contributed by atoms with van der Waals surface area (Å²) in [4.78, 5) is 27.3. The van der Waals surface area contributed by atoms with Crippen LogP contribution in [0.15, 0.2) is 54.6 Å². The zero-order valence-electron chi connectivity index (χ0n) is 17.9. The summed E-state index contributed by atoms with van der Waals surface area (Å²) >= 11 is 0. The van der Waals surface area contributed by atoms with E-state index in [4.69, 9.17) is 4.74 Å². The van der Waals surface area contributed by atoms with Gasteiger partial charge in [-0.2, -0.15) is 0 Å². The zero-order valence-corrected chi connectivity index (χ0v) is 17.9. The molecule has 0 radical (unpaired) electrons. The molecule has 162 valence electrons. The first-order valence-electron chi connectivity index (χ1n) is 10.4. The van der Waals surface area contributed by atoms with Gasteiger partial charge in [0, 0.05) is 13.1 Å². The molecule has 6 heteroatoms. The summed E-state index contributed by atoms with van der Waals surface area (Å²) < 4.78 is 19.2. The maximum Gasteiger partial charge on any atom is 0.261 e. The molecular formula is C24H31FN2O3. The van der Waals surface area contributed by atoms with E-state index in [1.807, 2.05) is 51.1 Å². The average molecular weight is 415 g/mol. The number of halogens is 1. The summed E-state index contributed by atoms with van der Waals surface area (Å²) in [6.45, 7) is 6.49. The van der Waals surface area contributed by atoms with Crippen molar-refractivity contribution in [3.05, 3.63) is 66.0 Å². The molecule has 0 heterocycles. The lowest BCUT2D eigenvalue weighted by Gasteiger charge is -2.30. The van der Waals surface area contributed by atoms with E-state index in [0.29, 0.717) is 31.8 Å². The molecule has 0 aliphatic rings. The van der Waals surface area contributed by atoms with Crippen LogP contribution in [-0.2, 0) is 16.0 Å². The molecule has 0 fully saturated rings. The second kappa shape index (κ2) is 12.0. The number of hydrogen-bond acceptors (Lipinski definition) is 3. The largest absolute Gasteiger partial charge is 0.481 e. The molecule has 0 aromatic heterocycles. The number of nitrogens with one attached hydrogen (secondary N) is 1. The van der Waals surface area contributed by atoms with Crippen molar-refractivity contribution in [1.29, 1.82) is 0 Å². The first kappa shape index (κ1) is 23.4. The average Bonchev–Trinajstić information content (AvgIpc) is 2.75. The SMILES string of the molecule is CC[C@H](C(=O)NCC(C)C)N(CCc1ccccc1)C(=O)COc1ccccc1F. The molecule has 0 aliphatic heterocycles. The summed E-state index contributed by atoms with van der Waals surface area (Å²) in [6, 6.07) is 15.1. The fourth-order valence-corrected chi connectivity index (χ4v) is 3.10. The van der Waals surface area contributed by atoms with Crippen LogP contribution in [0.25, 0.3) is 0 Å². The lowest BCUT2D eigenvalue weighted by molar-refractivity contribution is -0.142. The second-order valence-electron chi connectivity index (χ2n) is 7.60. The van der Waals surface area contributed by atoms with E-state index in [2.05, 4.69) is 5.32 Å². The lowest BCUT2D eigenvalue weighted by atomic mass is 10.1. The van der Waals surface area contributed by atoms with Crippen LogP contribution in [-0.4, -0.2) is 42.5 Å². The molecule has 0 bridgehead atoms. The Bertz CT molecular complexity index is 811. The smallest absolute Gasteiger partial charge is 0.261 e. The Morgan fingerprint density at radius 3 is 2.37 bits per heavy atom. The molecule has 1 atom stereocenters. The number of amides is 2. The van der Waals surface area contributed by atoms with Crippen molar-refractivity contribution in [2.75, 3.05) is 19.7 Å². The first-order chi connectivity index (χ1) is 14.4. The maximum absolute atomic E-state index is 13.8. The van der Waals surface area contributed by atoms with Crippen molar-refractivity contribution in [2.45, 2.75) is 39.7 Å². The number of rotatable bonds is 11. The maximum atomic E-state index is 13.8. The molecule has 0 aliphatic carbocycles. The van der Waals surface area contributed by atoms with Crippen LogP contribution in [0.3, 0.4) is 0 Å². The Labute approximate surface area is 178 Å². The van der Waals surface area contributed by atoms with E-state index in [1.54, 1.807) is 17.0 Å². The normalized spacial score (nSPS) is 11.8. The Kier molecular flexibility index (Phi) is 9.32. The molecule has 2 aromatic carbocycles. The predicted molar refractivity (Wildman–Crippen MR) is 116 cm³/mol. The molecule has 1 N–H and O–H groups in total. The van der Waals surface area contributed by atoms with Gasteiger partial charge in [-0.25, -0.2) is 4.39 Å². The van der Waals surface area contributed by atoms with Gasteiger partial charge in [-0.05, 0) is 36.5 Å². The summed E-state index contributed by atoms with van der Waals surface area (Å²) in [7, 11) is 0. The Hall–Kier alpha value is -2.89. The highest BCUT2D eigenvalue weighted by atomic mass is 19.1. The molecule has 2 amide bonds. The third-order valence-electron chi connectivity index (χ3n) is 4.74. The van der Waals surface area contributed by atoms with E-state index < -0.39 is 11.9 Å². The zero-order chi connectivity index (χ0) is 21.9. The first-order valence-corrected chi connectivity index (χ1v) is 10.4. The number of hydrogen-bond donors (Lipinski definition) is 1. The van der Waals surface area contributed by atoms with Gasteiger partial charge in [-0.1, -0.05) is 63.2 Å². The predicted octanol–water partition coefficient (Wildman–Crippen LogP) is 3.83. The van der Waals surface area contributed by atoms with E-state index in [1.165, 1.54) is 12.1 Å². The third-order valence-corrected chi connectivity index (χ3v) is 4.74. The molecule has 5 nitrogen and oxygen atoms in total. The summed E-state index contributed by atoms with van der Waals surface area (Å²) in [5.74, 6) is -0.724. The quantitative estimate of drug-likeness (QED) is 0.608. The van der Waals surface area contributed by atoms with Gasteiger partial charge in [0.15, 0.2) is 18.2 Å². The van der Waals surface area contributed by atoms with Gasteiger partial charge in [-0.15, -0.1) is 0 Å². The van der Waals surface area contributed by atoms with Crippen LogP contribution in [0.5, 0.6) is 5.75 Å². The van der Waals surface area contributed by atoms with Gasteiger partial charge in [-0.3, -0.25) is 9.59 Å². The monoisotopic (exact) mass is 414 g/mol. The molecule has 0 saturated heterocycles. The fourth-order valence-electron chi connectivity index (χ4n) is 3.10. The minimum atomic E-state index is -0.607. The summed E-state index contributed by atoms with van der Waals surface area (Å²) in [5.41, 5.74) is 1.07. The molecule has 0 unspecified atom stereocenters.